The minimum Gasteiger partial charge on any atom is -0.347 e. The van der Waals surface area contributed by atoms with E-state index in [1.54, 1.807) is 24.3 Å². The number of rotatable bonds is 7. The van der Waals surface area contributed by atoms with Crippen LogP contribution in [0.5, 0.6) is 0 Å². The molecule has 0 spiro atoms. The zero-order valence-corrected chi connectivity index (χ0v) is 15.0. The Balaban J connectivity index is 1.81. The van der Waals surface area contributed by atoms with E-state index in [9.17, 15) is 14.4 Å². The van der Waals surface area contributed by atoms with E-state index in [0.717, 1.165) is 23.2 Å². The maximum absolute atomic E-state index is 12.0. The van der Waals surface area contributed by atoms with Crippen LogP contribution in [0.4, 0.5) is 11.4 Å². The third-order valence-electron chi connectivity index (χ3n) is 3.76. The lowest BCUT2D eigenvalue weighted by Gasteiger charge is -2.10. The van der Waals surface area contributed by atoms with Crippen LogP contribution in [0.3, 0.4) is 0 Å². The minimum absolute atomic E-state index is 0.0825. The topological polar surface area (TPSA) is 87.3 Å². The van der Waals surface area contributed by atoms with Crippen LogP contribution in [-0.4, -0.2) is 24.3 Å². The quantitative estimate of drug-likeness (QED) is 0.715. The molecule has 0 radical (unpaired) electrons. The van der Waals surface area contributed by atoms with Crippen molar-refractivity contribution in [2.75, 3.05) is 17.2 Å². The normalized spacial score (nSPS) is 10.1. The van der Waals surface area contributed by atoms with Gasteiger partial charge in [-0.25, -0.2) is 0 Å². The largest absolute Gasteiger partial charge is 0.347 e. The molecule has 0 aliphatic carbocycles. The maximum Gasteiger partial charge on any atom is 0.243 e. The summed E-state index contributed by atoms with van der Waals surface area (Å²) in [5, 5.41) is 8.09. The second-order valence-electron chi connectivity index (χ2n) is 5.89. The highest BCUT2D eigenvalue weighted by Gasteiger charge is 2.09. The molecule has 0 fully saturated rings. The summed E-state index contributed by atoms with van der Waals surface area (Å²) in [7, 11) is 0. The molecule has 2 aromatic rings. The first-order valence-corrected chi connectivity index (χ1v) is 8.49. The molecule has 2 rings (SSSR count). The fourth-order valence-corrected chi connectivity index (χ4v) is 2.48. The summed E-state index contributed by atoms with van der Waals surface area (Å²) in [6.45, 7) is 3.37. The smallest absolute Gasteiger partial charge is 0.243 e. The molecule has 3 N–H and O–H groups in total. The van der Waals surface area contributed by atoms with Crippen molar-refractivity contribution in [3.05, 3.63) is 59.7 Å². The van der Waals surface area contributed by atoms with Gasteiger partial charge in [-0.05, 0) is 35.7 Å². The number of hydrogen-bond donors (Lipinski definition) is 3. The van der Waals surface area contributed by atoms with E-state index in [-0.39, 0.29) is 30.7 Å². The molecule has 3 amide bonds. The number of para-hydroxylation sites is 1. The van der Waals surface area contributed by atoms with Crippen LogP contribution in [0.2, 0.25) is 0 Å². The number of nitrogens with one attached hydrogen (secondary N) is 3. The highest BCUT2D eigenvalue weighted by atomic mass is 16.2. The molecular formula is C20H23N3O3. The molecule has 2 aromatic carbocycles. The number of amides is 3. The number of anilines is 2. The Hall–Kier alpha value is -3.15. The fraction of sp³-hybridized carbons (Fsp3) is 0.250. The van der Waals surface area contributed by atoms with Gasteiger partial charge in [-0.1, -0.05) is 37.3 Å². The van der Waals surface area contributed by atoms with E-state index < -0.39 is 0 Å². The molecule has 0 saturated heterocycles. The SMILES string of the molecule is CCc1ccccc1NC(=O)CNC(=O)Cc1ccc(NC(C)=O)cc1. The Morgan fingerprint density at radius 2 is 1.58 bits per heavy atom. The molecule has 0 aliphatic rings. The number of aryl methyl sites for hydroxylation is 1. The summed E-state index contributed by atoms with van der Waals surface area (Å²) in [5.41, 5.74) is 3.29. The summed E-state index contributed by atoms with van der Waals surface area (Å²) in [6, 6.07) is 14.6. The highest BCUT2D eigenvalue weighted by molar-refractivity contribution is 5.95. The van der Waals surface area contributed by atoms with Gasteiger partial charge in [-0.3, -0.25) is 14.4 Å². The van der Waals surface area contributed by atoms with Crippen molar-refractivity contribution >= 4 is 29.1 Å². The second kappa shape index (κ2) is 9.36. The van der Waals surface area contributed by atoms with Gasteiger partial charge in [0.1, 0.15) is 0 Å². The van der Waals surface area contributed by atoms with Crippen molar-refractivity contribution in [3.63, 3.8) is 0 Å². The first-order chi connectivity index (χ1) is 12.5. The third-order valence-corrected chi connectivity index (χ3v) is 3.76. The first-order valence-electron chi connectivity index (χ1n) is 8.49. The van der Waals surface area contributed by atoms with Gasteiger partial charge in [0, 0.05) is 18.3 Å². The molecular weight excluding hydrogens is 330 g/mol. The summed E-state index contributed by atoms with van der Waals surface area (Å²) < 4.78 is 0. The molecule has 6 nitrogen and oxygen atoms in total. The zero-order valence-electron chi connectivity index (χ0n) is 15.0. The van der Waals surface area contributed by atoms with Crippen molar-refractivity contribution in [1.29, 1.82) is 0 Å². The first kappa shape index (κ1) is 19.2. The monoisotopic (exact) mass is 353 g/mol. The van der Waals surface area contributed by atoms with E-state index in [2.05, 4.69) is 16.0 Å². The average Bonchev–Trinajstić information content (AvgIpc) is 2.62. The van der Waals surface area contributed by atoms with Gasteiger partial charge in [-0.2, -0.15) is 0 Å². The van der Waals surface area contributed by atoms with Crippen molar-refractivity contribution in [1.82, 2.24) is 5.32 Å². The Labute approximate surface area is 153 Å². The summed E-state index contributed by atoms with van der Waals surface area (Å²) in [5.74, 6) is -0.650. The molecule has 136 valence electrons. The van der Waals surface area contributed by atoms with E-state index in [4.69, 9.17) is 0 Å². The molecule has 6 heteroatoms. The lowest BCUT2D eigenvalue weighted by Crippen LogP contribution is -2.33. The van der Waals surface area contributed by atoms with E-state index >= 15 is 0 Å². The highest BCUT2D eigenvalue weighted by Crippen LogP contribution is 2.15. The number of carbonyl (C=O) groups excluding carboxylic acids is 3. The van der Waals surface area contributed by atoms with Crippen LogP contribution in [0.15, 0.2) is 48.5 Å². The van der Waals surface area contributed by atoms with Crippen molar-refractivity contribution in [2.24, 2.45) is 0 Å². The second-order valence-corrected chi connectivity index (χ2v) is 5.89. The van der Waals surface area contributed by atoms with Crippen LogP contribution < -0.4 is 16.0 Å². The van der Waals surface area contributed by atoms with Gasteiger partial charge < -0.3 is 16.0 Å². The van der Waals surface area contributed by atoms with Crippen LogP contribution in [0, 0.1) is 0 Å². The fourth-order valence-electron chi connectivity index (χ4n) is 2.48. The van der Waals surface area contributed by atoms with Crippen molar-refractivity contribution < 1.29 is 14.4 Å². The minimum atomic E-state index is -0.264. The van der Waals surface area contributed by atoms with Crippen molar-refractivity contribution in [3.8, 4) is 0 Å². The predicted molar refractivity (Wildman–Crippen MR) is 102 cm³/mol. The Morgan fingerprint density at radius 3 is 2.23 bits per heavy atom. The number of carbonyl (C=O) groups is 3. The van der Waals surface area contributed by atoms with Crippen LogP contribution in [0.25, 0.3) is 0 Å². The maximum atomic E-state index is 12.0. The molecule has 26 heavy (non-hydrogen) atoms. The molecule has 0 heterocycles. The van der Waals surface area contributed by atoms with Crippen LogP contribution >= 0.6 is 0 Å². The molecule has 0 atom stereocenters. The van der Waals surface area contributed by atoms with Gasteiger partial charge in [0.15, 0.2) is 0 Å². The molecule has 0 aromatic heterocycles. The van der Waals surface area contributed by atoms with Gasteiger partial charge in [0.25, 0.3) is 0 Å². The van der Waals surface area contributed by atoms with E-state index in [1.807, 2.05) is 31.2 Å². The summed E-state index contributed by atoms with van der Waals surface area (Å²) in [6.07, 6.45) is 0.983. The lowest BCUT2D eigenvalue weighted by molar-refractivity contribution is -0.123. The van der Waals surface area contributed by atoms with E-state index in [1.165, 1.54) is 6.92 Å². The Morgan fingerprint density at radius 1 is 0.885 bits per heavy atom. The zero-order chi connectivity index (χ0) is 18.9. The lowest BCUT2D eigenvalue weighted by atomic mass is 10.1. The predicted octanol–water partition coefficient (Wildman–Crippen LogP) is 2.50. The average molecular weight is 353 g/mol. The standard InChI is InChI=1S/C20H23N3O3/c1-3-16-6-4-5-7-18(16)23-20(26)13-21-19(25)12-15-8-10-17(11-9-15)22-14(2)24/h4-11H,3,12-13H2,1-2H3,(H,21,25)(H,22,24)(H,23,26). The van der Waals surface area contributed by atoms with Gasteiger partial charge in [-0.15, -0.1) is 0 Å². The summed E-state index contributed by atoms with van der Waals surface area (Å²) >= 11 is 0. The third kappa shape index (κ3) is 6.05. The van der Waals surface area contributed by atoms with Crippen molar-refractivity contribution in [2.45, 2.75) is 26.7 Å². The molecule has 0 aliphatic heterocycles. The Bertz CT molecular complexity index is 785. The molecule has 0 unspecified atom stereocenters. The number of benzene rings is 2. The van der Waals surface area contributed by atoms with Gasteiger partial charge >= 0.3 is 0 Å². The van der Waals surface area contributed by atoms with Gasteiger partial charge in [0.2, 0.25) is 17.7 Å². The molecule has 0 saturated carbocycles. The van der Waals surface area contributed by atoms with Crippen LogP contribution in [-0.2, 0) is 27.2 Å². The van der Waals surface area contributed by atoms with E-state index in [0.29, 0.717) is 5.69 Å². The van der Waals surface area contributed by atoms with Gasteiger partial charge in [0.05, 0.1) is 13.0 Å². The Kier molecular flexibility index (Phi) is 6.91. The molecule has 0 bridgehead atoms. The number of hydrogen-bond acceptors (Lipinski definition) is 3. The summed E-state index contributed by atoms with van der Waals surface area (Å²) in [4.78, 5) is 35.0. The van der Waals surface area contributed by atoms with Crippen LogP contribution in [0.1, 0.15) is 25.0 Å².